The quantitative estimate of drug-likeness (QED) is 0.622. The van der Waals surface area contributed by atoms with E-state index in [4.69, 9.17) is 14.1 Å². The van der Waals surface area contributed by atoms with Crippen LogP contribution in [0, 0.1) is 6.92 Å². The molecule has 1 aliphatic rings. The molecule has 6 heteroatoms. The summed E-state index contributed by atoms with van der Waals surface area (Å²) >= 11 is 0. The number of aromatic nitrogens is 3. The lowest BCUT2D eigenvalue weighted by atomic mass is 10.1. The normalized spacial score (nSPS) is 15.7. The van der Waals surface area contributed by atoms with Crippen molar-refractivity contribution in [3.8, 4) is 28.6 Å². The lowest BCUT2D eigenvalue weighted by Crippen LogP contribution is -2.29. The van der Waals surface area contributed by atoms with Crippen LogP contribution >= 0.6 is 0 Å². The van der Waals surface area contributed by atoms with Crippen LogP contribution in [0.3, 0.4) is 0 Å². The van der Waals surface area contributed by atoms with E-state index in [1.54, 1.807) is 19.5 Å². The fourth-order valence-electron chi connectivity index (χ4n) is 3.30. The van der Waals surface area contributed by atoms with Crippen LogP contribution in [0.25, 0.3) is 22.6 Å². The van der Waals surface area contributed by atoms with E-state index in [9.17, 15) is 0 Å². The molecule has 0 fully saturated rings. The van der Waals surface area contributed by atoms with Gasteiger partial charge in [0.05, 0.1) is 12.8 Å². The standard InChI is InChI=1S/C23H24N4O2/c1-16-6-4-5-12-27(16)13-11-21-17(2)29-22(26-21)19-9-7-18(8-10-19)20-14-24-23(28-3)25-15-20/h4-10,12,14-16H,11,13H2,1-3H3/t16-/m1/s1. The molecular formula is C23H24N4O2. The second kappa shape index (κ2) is 8.31. The van der Waals surface area contributed by atoms with E-state index < -0.39 is 0 Å². The van der Waals surface area contributed by atoms with Crippen LogP contribution in [0.15, 0.2) is 65.5 Å². The molecule has 0 radical (unpaired) electrons. The first-order chi connectivity index (χ1) is 14.1. The van der Waals surface area contributed by atoms with E-state index in [0.29, 0.717) is 17.9 Å². The van der Waals surface area contributed by atoms with Crippen molar-refractivity contribution in [1.29, 1.82) is 0 Å². The Balaban J connectivity index is 1.46. The number of hydrogen-bond acceptors (Lipinski definition) is 6. The van der Waals surface area contributed by atoms with Gasteiger partial charge in [-0.15, -0.1) is 0 Å². The minimum absolute atomic E-state index is 0.360. The molecule has 0 saturated carbocycles. The molecule has 3 heterocycles. The zero-order valence-corrected chi connectivity index (χ0v) is 16.9. The van der Waals surface area contributed by atoms with E-state index in [2.05, 4.69) is 46.2 Å². The van der Waals surface area contributed by atoms with Gasteiger partial charge in [-0.2, -0.15) is 0 Å². The molecule has 0 saturated heterocycles. The number of allylic oxidation sites excluding steroid dienone is 2. The van der Waals surface area contributed by atoms with Crippen LogP contribution in [-0.4, -0.2) is 39.5 Å². The van der Waals surface area contributed by atoms with Crippen LogP contribution in [0.4, 0.5) is 0 Å². The molecular weight excluding hydrogens is 364 g/mol. The molecule has 6 nitrogen and oxygen atoms in total. The highest BCUT2D eigenvalue weighted by atomic mass is 16.5. The minimum Gasteiger partial charge on any atom is -0.467 e. The van der Waals surface area contributed by atoms with E-state index in [1.807, 2.05) is 31.2 Å². The van der Waals surface area contributed by atoms with Crippen LogP contribution in [0.2, 0.25) is 0 Å². The zero-order valence-electron chi connectivity index (χ0n) is 16.9. The molecule has 0 spiro atoms. The smallest absolute Gasteiger partial charge is 0.316 e. The van der Waals surface area contributed by atoms with Gasteiger partial charge in [0, 0.05) is 42.5 Å². The number of oxazole rings is 1. The first kappa shape index (κ1) is 18.9. The third-order valence-corrected chi connectivity index (χ3v) is 5.08. The number of nitrogens with zero attached hydrogens (tertiary/aromatic N) is 4. The Hall–Kier alpha value is -3.41. The van der Waals surface area contributed by atoms with Crippen molar-refractivity contribution >= 4 is 0 Å². The van der Waals surface area contributed by atoms with Gasteiger partial charge in [0.1, 0.15) is 5.76 Å². The summed E-state index contributed by atoms with van der Waals surface area (Å²) in [6.45, 7) is 5.08. The van der Waals surface area contributed by atoms with E-state index in [-0.39, 0.29) is 0 Å². The minimum atomic E-state index is 0.360. The van der Waals surface area contributed by atoms with Crippen molar-refractivity contribution in [2.75, 3.05) is 13.7 Å². The molecule has 0 N–H and O–H groups in total. The molecule has 3 aromatic rings. The maximum absolute atomic E-state index is 5.94. The topological polar surface area (TPSA) is 64.3 Å². The first-order valence-electron chi connectivity index (χ1n) is 9.68. The monoisotopic (exact) mass is 388 g/mol. The van der Waals surface area contributed by atoms with Gasteiger partial charge in [-0.1, -0.05) is 24.3 Å². The van der Waals surface area contributed by atoms with Crippen LogP contribution in [0.1, 0.15) is 18.4 Å². The summed E-state index contributed by atoms with van der Waals surface area (Å²) in [5, 5.41) is 0. The van der Waals surface area contributed by atoms with Gasteiger partial charge in [-0.25, -0.2) is 15.0 Å². The Bertz CT molecular complexity index is 1020. The highest BCUT2D eigenvalue weighted by Gasteiger charge is 2.15. The Morgan fingerprint density at radius 3 is 2.45 bits per heavy atom. The third-order valence-electron chi connectivity index (χ3n) is 5.08. The molecule has 0 unspecified atom stereocenters. The molecule has 0 amide bonds. The first-order valence-corrected chi connectivity index (χ1v) is 9.68. The maximum atomic E-state index is 5.94. The van der Waals surface area contributed by atoms with Crippen molar-refractivity contribution in [3.63, 3.8) is 0 Å². The number of methoxy groups -OCH3 is 1. The largest absolute Gasteiger partial charge is 0.467 e. The molecule has 0 bridgehead atoms. The molecule has 1 aromatic carbocycles. The molecule has 1 atom stereocenters. The Labute approximate surface area is 170 Å². The molecule has 2 aromatic heterocycles. The number of aryl methyl sites for hydroxylation is 1. The predicted octanol–water partition coefficient (Wildman–Crippen LogP) is 4.43. The van der Waals surface area contributed by atoms with Crippen LogP contribution < -0.4 is 4.74 Å². The molecule has 0 aliphatic carbocycles. The van der Waals surface area contributed by atoms with Crippen molar-refractivity contribution in [2.24, 2.45) is 0 Å². The van der Waals surface area contributed by atoms with Gasteiger partial charge >= 0.3 is 6.01 Å². The third kappa shape index (κ3) is 4.21. The zero-order chi connectivity index (χ0) is 20.2. The van der Waals surface area contributed by atoms with Crippen molar-refractivity contribution in [1.82, 2.24) is 19.9 Å². The summed E-state index contributed by atoms with van der Waals surface area (Å²) in [7, 11) is 1.55. The highest BCUT2D eigenvalue weighted by molar-refractivity contribution is 5.66. The number of rotatable bonds is 6. The van der Waals surface area contributed by atoms with Crippen molar-refractivity contribution < 1.29 is 9.15 Å². The second-order valence-electron chi connectivity index (χ2n) is 7.01. The highest BCUT2D eigenvalue weighted by Crippen LogP contribution is 2.26. The molecule has 1 aliphatic heterocycles. The average molecular weight is 388 g/mol. The summed E-state index contributed by atoms with van der Waals surface area (Å²) in [6, 6.07) is 8.82. The van der Waals surface area contributed by atoms with Crippen LogP contribution in [0.5, 0.6) is 6.01 Å². The Morgan fingerprint density at radius 2 is 1.76 bits per heavy atom. The number of benzene rings is 1. The molecule has 148 valence electrons. The second-order valence-corrected chi connectivity index (χ2v) is 7.01. The summed E-state index contributed by atoms with van der Waals surface area (Å²) in [6.07, 6.45) is 12.8. The summed E-state index contributed by atoms with van der Waals surface area (Å²) in [5.41, 5.74) is 3.91. The van der Waals surface area contributed by atoms with Crippen LogP contribution in [-0.2, 0) is 6.42 Å². The van der Waals surface area contributed by atoms with Gasteiger partial charge in [0.2, 0.25) is 5.89 Å². The predicted molar refractivity (Wildman–Crippen MR) is 112 cm³/mol. The summed E-state index contributed by atoms with van der Waals surface area (Å²) in [4.78, 5) is 15.4. The fourth-order valence-corrected chi connectivity index (χ4v) is 3.30. The molecule has 4 rings (SSSR count). The van der Waals surface area contributed by atoms with Gasteiger partial charge in [0.15, 0.2) is 0 Å². The lowest BCUT2D eigenvalue weighted by molar-refractivity contribution is 0.335. The number of hydrogen-bond donors (Lipinski definition) is 0. The molecule has 29 heavy (non-hydrogen) atoms. The summed E-state index contributed by atoms with van der Waals surface area (Å²) in [5.74, 6) is 1.52. The van der Waals surface area contributed by atoms with Gasteiger partial charge < -0.3 is 14.1 Å². The van der Waals surface area contributed by atoms with Gasteiger partial charge in [-0.3, -0.25) is 0 Å². The fraction of sp³-hybridized carbons (Fsp3) is 0.261. The van der Waals surface area contributed by atoms with Gasteiger partial charge in [-0.05, 0) is 43.8 Å². The van der Waals surface area contributed by atoms with Crippen molar-refractivity contribution in [3.05, 3.63) is 72.5 Å². The van der Waals surface area contributed by atoms with E-state index >= 15 is 0 Å². The van der Waals surface area contributed by atoms with E-state index in [0.717, 1.165) is 41.1 Å². The average Bonchev–Trinajstić information content (AvgIpc) is 3.14. The Kier molecular flexibility index (Phi) is 5.42. The maximum Gasteiger partial charge on any atom is 0.316 e. The summed E-state index contributed by atoms with van der Waals surface area (Å²) < 4.78 is 10.9. The van der Waals surface area contributed by atoms with E-state index in [1.165, 1.54) is 0 Å². The Morgan fingerprint density at radius 1 is 1.03 bits per heavy atom. The SMILES string of the molecule is COc1ncc(-c2ccc(-c3nc(CCN4C=CC=C[C@H]4C)c(C)o3)cc2)cn1. The number of ether oxygens (including phenoxy) is 1. The van der Waals surface area contributed by atoms with Gasteiger partial charge in [0.25, 0.3) is 0 Å². The lowest BCUT2D eigenvalue weighted by Gasteiger charge is -2.27. The van der Waals surface area contributed by atoms with Crippen molar-refractivity contribution in [2.45, 2.75) is 26.3 Å².